The van der Waals surface area contributed by atoms with E-state index in [1.165, 1.54) is 23.6 Å². The number of pyridine rings is 1. The fraction of sp³-hybridized carbons (Fsp3) is 0.188. The van der Waals surface area contributed by atoms with Crippen LogP contribution in [0.2, 0.25) is 0 Å². The summed E-state index contributed by atoms with van der Waals surface area (Å²) in [5, 5.41) is 11.6. The molecule has 3 aromatic rings. The molecule has 0 aliphatic heterocycles. The highest BCUT2D eigenvalue weighted by atomic mass is 32.1. The second-order valence-electron chi connectivity index (χ2n) is 5.14. The van der Waals surface area contributed by atoms with Crippen molar-refractivity contribution in [2.24, 2.45) is 5.73 Å². The van der Waals surface area contributed by atoms with Crippen molar-refractivity contribution in [3.8, 4) is 11.3 Å². The van der Waals surface area contributed by atoms with Crippen molar-refractivity contribution in [3.05, 3.63) is 50.3 Å². The number of aryl methyl sites for hydroxylation is 1. The third-order valence-corrected chi connectivity index (χ3v) is 4.61. The van der Waals surface area contributed by atoms with Gasteiger partial charge in [-0.1, -0.05) is 0 Å². The van der Waals surface area contributed by atoms with Crippen LogP contribution in [-0.4, -0.2) is 20.6 Å². The van der Waals surface area contributed by atoms with Crippen LogP contribution in [0.3, 0.4) is 0 Å². The molecule has 0 spiro atoms. The molecule has 0 bridgehead atoms. The first-order valence-electron chi connectivity index (χ1n) is 7.21. The van der Waals surface area contributed by atoms with Crippen LogP contribution in [0.1, 0.15) is 22.3 Å². The van der Waals surface area contributed by atoms with Crippen LogP contribution >= 0.6 is 11.3 Å². The van der Waals surface area contributed by atoms with Crippen LogP contribution in [-0.2, 0) is 13.1 Å². The fourth-order valence-electron chi connectivity index (χ4n) is 2.55. The maximum Gasteiger partial charge on any atom is 0.341 e. The SMILES string of the molecule is CCn1cc(C(=O)O)c(=O)c2cc(F)c(-c3csc(CN)n3)cc21. The summed E-state index contributed by atoms with van der Waals surface area (Å²) in [6, 6.07) is 2.60. The van der Waals surface area contributed by atoms with Gasteiger partial charge in [0, 0.05) is 35.6 Å². The Bertz CT molecular complexity index is 1010. The first-order chi connectivity index (χ1) is 11.5. The summed E-state index contributed by atoms with van der Waals surface area (Å²) in [7, 11) is 0. The summed E-state index contributed by atoms with van der Waals surface area (Å²) in [5.74, 6) is -1.96. The molecule has 2 aromatic heterocycles. The molecule has 0 saturated heterocycles. The van der Waals surface area contributed by atoms with Crippen molar-refractivity contribution in [1.29, 1.82) is 0 Å². The molecular weight excluding hydrogens is 333 g/mol. The Hall–Kier alpha value is -2.58. The lowest BCUT2D eigenvalue weighted by Gasteiger charge is -2.12. The van der Waals surface area contributed by atoms with E-state index in [0.717, 1.165) is 6.07 Å². The monoisotopic (exact) mass is 347 g/mol. The maximum absolute atomic E-state index is 14.5. The van der Waals surface area contributed by atoms with Gasteiger partial charge in [0.05, 0.1) is 11.2 Å². The molecule has 8 heteroatoms. The average Bonchev–Trinajstić information content (AvgIpc) is 3.03. The number of carboxylic acids is 1. The van der Waals surface area contributed by atoms with Crippen molar-refractivity contribution in [2.75, 3.05) is 0 Å². The van der Waals surface area contributed by atoms with E-state index in [2.05, 4.69) is 4.98 Å². The summed E-state index contributed by atoms with van der Waals surface area (Å²) in [6.07, 6.45) is 1.28. The maximum atomic E-state index is 14.5. The lowest BCUT2D eigenvalue weighted by molar-refractivity contribution is 0.0695. The van der Waals surface area contributed by atoms with Gasteiger partial charge in [0.15, 0.2) is 0 Å². The van der Waals surface area contributed by atoms with Crippen LogP contribution in [0.5, 0.6) is 0 Å². The lowest BCUT2D eigenvalue weighted by atomic mass is 10.1. The van der Waals surface area contributed by atoms with Gasteiger partial charge in [-0.3, -0.25) is 4.79 Å². The molecule has 1 aromatic carbocycles. The van der Waals surface area contributed by atoms with Crippen LogP contribution in [0.15, 0.2) is 28.5 Å². The van der Waals surface area contributed by atoms with E-state index in [9.17, 15) is 14.0 Å². The van der Waals surface area contributed by atoms with E-state index in [4.69, 9.17) is 10.8 Å². The fourth-order valence-corrected chi connectivity index (χ4v) is 3.22. The number of aromatic nitrogens is 2. The molecule has 0 unspecified atom stereocenters. The summed E-state index contributed by atoms with van der Waals surface area (Å²) < 4.78 is 16.1. The predicted octanol–water partition coefficient (Wildman–Crippen LogP) is 2.44. The van der Waals surface area contributed by atoms with Gasteiger partial charge in [0.25, 0.3) is 0 Å². The van der Waals surface area contributed by atoms with Crippen molar-refractivity contribution < 1.29 is 14.3 Å². The number of carbonyl (C=O) groups is 1. The van der Waals surface area contributed by atoms with Gasteiger partial charge in [0.2, 0.25) is 5.43 Å². The number of carboxylic acid groups (broad SMARTS) is 1. The molecule has 3 N–H and O–H groups in total. The van der Waals surface area contributed by atoms with Crippen molar-refractivity contribution in [2.45, 2.75) is 20.0 Å². The molecule has 0 radical (unpaired) electrons. The normalized spacial score (nSPS) is 11.1. The number of rotatable bonds is 4. The largest absolute Gasteiger partial charge is 0.477 e. The zero-order chi connectivity index (χ0) is 17.4. The van der Waals surface area contributed by atoms with E-state index in [-0.39, 0.29) is 23.1 Å². The molecule has 2 heterocycles. The summed E-state index contributed by atoms with van der Waals surface area (Å²) >= 11 is 1.33. The number of fused-ring (bicyclic) bond motifs is 1. The number of nitrogens with zero attached hydrogens (tertiary/aromatic N) is 2. The Balaban J connectivity index is 2.33. The standard InChI is InChI=1S/C16H14FN3O3S/c1-2-20-6-10(16(22)23)15(21)9-3-11(17)8(4-13(9)20)12-7-24-14(5-18)19-12/h3-4,6-7H,2,5,18H2,1H3,(H,22,23). The minimum atomic E-state index is -1.33. The molecule has 124 valence electrons. The second-order valence-corrected chi connectivity index (χ2v) is 6.09. The van der Waals surface area contributed by atoms with Gasteiger partial charge in [-0.15, -0.1) is 11.3 Å². The van der Waals surface area contributed by atoms with Crippen molar-refractivity contribution >= 4 is 28.2 Å². The Kier molecular flexibility index (Phi) is 4.16. The number of benzene rings is 1. The molecular formula is C16H14FN3O3S. The van der Waals surface area contributed by atoms with E-state index in [1.807, 2.05) is 6.92 Å². The first kappa shape index (κ1) is 16.3. The number of thiazole rings is 1. The third kappa shape index (κ3) is 2.59. The van der Waals surface area contributed by atoms with Crippen LogP contribution < -0.4 is 11.2 Å². The van der Waals surface area contributed by atoms with E-state index >= 15 is 0 Å². The minimum absolute atomic E-state index is 0.0345. The highest BCUT2D eigenvalue weighted by Gasteiger charge is 2.18. The van der Waals surface area contributed by atoms with E-state index in [0.29, 0.717) is 22.8 Å². The number of hydrogen-bond donors (Lipinski definition) is 2. The molecule has 0 aliphatic carbocycles. The van der Waals surface area contributed by atoms with Gasteiger partial charge in [0.1, 0.15) is 16.4 Å². The van der Waals surface area contributed by atoms with Gasteiger partial charge in [-0.2, -0.15) is 0 Å². The summed E-state index contributed by atoms with van der Waals surface area (Å²) in [5.41, 5.74) is 5.61. The molecule has 0 amide bonds. The Morgan fingerprint density at radius 2 is 2.21 bits per heavy atom. The van der Waals surface area contributed by atoms with Crippen LogP contribution in [0.4, 0.5) is 4.39 Å². The Morgan fingerprint density at radius 1 is 1.46 bits per heavy atom. The zero-order valence-electron chi connectivity index (χ0n) is 12.7. The quantitative estimate of drug-likeness (QED) is 0.755. The second kappa shape index (κ2) is 6.14. The lowest BCUT2D eigenvalue weighted by Crippen LogP contribution is -2.19. The molecule has 6 nitrogen and oxygen atoms in total. The number of hydrogen-bond acceptors (Lipinski definition) is 5. The average molecular weight is 347 g/mol. The van der Waals surface area contributed by atoms with Crippen molar-refractivity contribution in [1.82, 2.24) is 9.55 Å². The van der Waals surface area contributed by atoms with Crippen LogP contribution in [0, 0.1) is 5.82 Å². The Morgan fingerprint density at radius 3 is 2.79 bits per heavy atom. The van der Waals surface area contributed by atoms with Crippen LogP contribution in [0.25, 0.3) is 22.2 Å². The van der Waals surface area contributed by atoms with Gasteiger partial charge in [-0.25, -0.2) is 14.2 Å². The third-order valence-electron chi connectivity index (χ3n) is 3.74. The minimum Gasteiger partial charge on any atom is -0.477 e. The van der Waals surface area contributed by atoms with Gasteiger partial charge < -0.3 is 15.4 Å². The first-order valence-corrected chi connectivity index (χ1v) is 8.09. The molecule has 0 saturated carbocycles. The molecule has 0 fully saturated rings. The van der Waals surface area contributed by atoms with Gasteiger partial charge in [-0.05, 0) is 19.1 Å². The zero-order valence-corrected chi connectivity index (χ0v) is 13.6. The molecule has 0 aliphatic rings. The smallest absolute Gasteiger partial charge is 0.341 e. The topological polar surface area (TPSA) is 98.2 Å². The Labute approximate surface area is 140 Å². The molecule has 24 heavy (non-hydrogen) atoms. The summed E-state index contributed by atoms with van der Waals surface area (Å²) in [4.78, 5) is 27.8. The number of halogens is 1. The molecule has 3 rings (SSSR count). The van der Waals surface area contributed by atoms with E-state index < -0.39 is 17.2 Å². The van der Waals surface area contributed by atoms with Gasteiger partial charge >= 0.3 is 5.97 Å². The summed E-state index contributed by atoms with van der Waals surface area (Å²) in [6.45, 7) is 2.52. The highest BCUT2D eigenvalue weighted by Crippen LogP contribution is 2.28. The van der Waals surface area contributed by atoms with Crippen molar-refractivity contribution in [3.63, 3.8) is 0 Å². The molecule has 0 atom stereocenters. The number of nitrogens with two attached hydrogens (primary N) is 1. The highest BCUT2D eigenvalue weighted by molar-refractivity contribution is 7.09. The van der Waals surface area contributed by atoms with E-state index in [1.54, 1.807) is 9.95 Å². The number of aromatic carboxylic acids is 1. The predicted molar refractivity (Wildman–Crippen MR) is 89.8 cm³/mol.